The summed E-state index contributed by atoms with van der Waals surface area (Å²) < 4.78 is 5.46. The minimum absolute atomic E-state index is 0.0769. The highest BCUT2D eigenvalue weighted by Crippen LogP contribution is 2.27. The lowest BCUT2D eigenvalue weighted by molar-refractivity contribution is -0.150. The smallest absolute Gasteiger partial charge is 0.334 e. The SMILES string of the molecule is [B]C(=O)/C=C\c1ncccc1OC(=O)C1CCCN1C(=O)C(C)(C)C. The summed E-state index contributed by atoms with van der Waals surface area (Å²) in [6.45, 7) is 6.01. The molecule has 130 valence electrons. The van der Waals surface area contributed by atoms with Crippen molar-refractivity contribution in [2.75, 3.05) is 6.54 Å². The molecule has 0 N–H and O–H groups in total. The predicted octanol–water partition coefficient (Wildman–Crippen LogP) is 1.73. The molecule has 0 aliphatic carbocycles. The summed E-state index contributed by atoms with van der Waals surface area (Å²) in [5.41, 5.74) is -0.867. The second-order valence-electron chi connectivity index (χ2n) is 6.95. The topological polar surface area (TPSA) is 76.6 Å². The molecule has 0 aromatic carbocycles. The fraction of sp³-hybridized carbons (Fsp3) is 0.444. The Bertz CT molecular complexity index is 709. The van der Waals surface area contributed by atoms with Gasteiger partial charge in [0.1, 0.15) is 11.7 Å². The zero-order valence-electron chi connectivity index (χ0n) is 14.7. The van der Waals surface area contributed by atoms with Crippen LogP contribution in [0.15, 0.2) is 24.4 Å². The number of esters is 1. The van der Waals surface area contributed by atoms with E-state index < -0.39 is 23.1 Å². The number of rotatable bonds is 4. The highest BCUT2D eigenvalue weighted by atomic mass is 16.5. The van der Waals surface area contributed by atoms with Crippen molar-refractivity contribution < 1.29 is 19.1 Å². The van der Waals surface area contributed by atoms with Crippen LogP contribution in [0.4, 0.5) is 0 Å². The van der Waals surface area contributed by atoms with E-state index in [1.807, 2.05) is 20.8 Å². The second kappa shape index (κ2) is 7.63. The van der Waals surface area contributed by atoms with Crippen LogP contribution in [0.1, 0.15) is 39.3 Å². The Labute approximate surface area is 148 Å². The zero-order chi connectivity index (χ0) is 18.6. The van der Waals surface area contributed by atoms with E-state index in [1.54, 1.807) is 17.0 Å². The van der Waals surface area contributed by atoms with Gasteiger partial charge in [0, 0.05) is 18.2 Å². The lowest BCUT2D eigenvalue weighted by Gasteiger charge is -2.29. The van der Waals surface area contributed by atoms with Crippen LogP contribution >= 0.6 is 0 Å². The molecule has 1 aromatic heterocycles. The van der Waals surface area contributed by atoms with E-state index in [1.165, 1.54) is 12.3 Å². The van der Waals surface area contributed by atoms with Gasteiger partial charge in [-0.1, -0.05) is 20.8 Å². The maximum Gasteiger partial charge on any atom is 0.334 e. The van der Waals surface area contributed by atoms with Crippen LogP contribution < -0.4 is 4.74 Å². The summed E-state index contributed by atoms with van der Waals surface area (Å²) in [4.78, 5) is 41.6. The minimum Gasteiger partial charge on any atom is -0.423 e. The van der Waals surface area contributed by atoms with Crippen molar-refractivity contribution in [2.24, 2.45) is 5.41 Å². The lowest BCUT2D eigenvalue weighted by Crippen LogP contribution is -2.47. The first kappa shape index (κ1) is 18.9. The van der Waals surface area contributed by atoms with Crippen molar-refractivity contribution in [3.8, 4) is 5.75 Å². The standard InChI is InChI=1S/C18H21BN2O4/c1-18(2,3)17(24)21-11-5-6-13(21)16(23)25-14-7-4-10-20-12(14)8-9-15(19)22/h4,7-10,13H,5-6,11H2,1-3H3/b9-8-. The number of pyridine rings is 1. The molecule has 1 aliphatic rings. The van der Waals surface area contributed by atoms with Crippen molar-refractivity contribution in [3.05, 3.63) is 30.1 Å². The van der Waals surface area contributed by atoms with Gasteiger partial charge in [0.2, 0.25) is 5.91 Å². The minimum atomic E-state index is -0.624. The lowest BCUT2D eigenvalue weighted by atomic mass is 9.94. The van der Waals surface area contributed by atoms with Crippen molar-refractivity contribution in [3.63, 3.8) is 0 Å². The Morgan fingerprint density at radius 2 is 2.08 bits per heavy atom. The van der Waals surface area contributed by atoms with Crippen LogP contribution in [0, 0.1) is 5.41 Å². The molecule has 1 fully saturated rings. The van der Waals surface area contributed by atoms with Gasteiger partial charge in [-0.05, 0) is 37.1 Å². The van der Waals surface area contributed by atoms with E-state index >= 15 is 0 Å². The van der Waals surface area contributed by atoms with E-state index in [9.17, 15) is 14.4 Å². The summed E-state index contributed by atoms with van der Waals surface area (Å²) in [6.07, 6.45) is 5.36. The monoisotopic (exact) mass is 340 g/mol. The van der Waals surface area contributed by atoms with Gasteiger partial charge in [-0.2, -0.15) is 0 Å². The van der Waals surface area contributed by atoms with E-state index in [0.29, 0.717) is 18.7 Å². The quantitative estimate of drug-likeness (QED) is 0.474. The second-order valence-corrected chi connectivity index (χ2v) is 6.95. The fourth-order valence-corrected chi connectivity index (χ4v) is 2.64. The van der Waals surface area contributed by atoms with Crippen LogP contribution in [0.5, 0.6) is 5.75 Å². The Morgan fingerprint density at radius 1 is 1.36 bits per heavy atom. The molecule has 25 heavy (non-hydrogen) atoms. The predicted molar refractivity (Wildman–Crippen MR) is 93.9 cm³/mol. The van der Waals surface area contributed by atoms with Gasteiger partial charge in [-0.15, -0.1) is 0 Å². The first-order valence-electron chi connectivity index (χ1n) is 8.15. The summed E-state index contributed by atoms with van der Waals surface area (Å²) in [5.74, 6) is -0.358. The molecule has 6 nitrogen and oxygen atoms in total. The Hall–Kier alpha value is -2.44. The third kappa shape index (κ3) is 4.78. The molecular formula is C18H21BN2O4. The summed E-state index contributed by atoms with van der Waals surface area (Å²) >= 11 is 0. The van der Waals surface area contributed by atoms with Crippen molar-refractivity contribution >= 4 is 31.5 Å². The molecule has 1 aromatic rings. The van der Waals surface area contributed by atoms with E-state index in [-0.39, 0.29) is 11.7 Å². The number of carbonyl (C=O) groups is 3. The van der Waals surface area contributed by atoms with Gasteiger partial charge < -0.3 is 14.4 Å². The number of allylic oxidation sites excluding steroid dienone is 1. The molecule has 0 bridgehead atoms. The molecule has 2 rings (SSSR count). The number of carbonyl (C=O) groups excluding carboxylic acids is 3. The molecule has 1 amide bonds. The average Bonchev–Trinajstić information content (AvgIpc) is 3.01. The van der Waals surface area contributed by atoms with E-state index in [0.717, 1.165) is 12.5 Å². The van der Waals surface area contributed by atoms with Gasteiger partial charge in [0.25, 0.3) is 0 Å². The van der Waals surface area contributed by atoms with Crippen LogP contribution in [0.3, 0.4) is 0 Å². The number of hydrogen-bond acceptors (Lipinski definition) is 5. The Balaban J connectivity index is 2.17. The molecule has 0 spiro atoms. The molecule has 0 saturated carbocycles. The van der Waals surface area contributed by atoms with Crippen LogP contribution in [0.25, 0.3) is 6.08 Å². The largest absolute Gasteiger partial charge is 0.423 e. The number of likely N-dealkylation sites (tertiary alicyclic amines) is 1. The highest BCUT2D eigenvalue weighted by molar-refractivity contribution is 6.61. The van der Waals surface area contributed by atoms with E-state index in [2.05, 4.69) is 4.98 Å². The molecule has 2 heterocycles. The normalized spacial score (nSPS) is 17.7. The molecule has 7 heteroatoms. The van der Waals surface area contributed by atoms with Crippen molar-refractivity contribution in [1.82, 2.24) is 9.88 Å². The summed E-state index contributed by atoms with van der Waals surface area (Å²) in [6, 6.07) is 2.59. The van der Waals surface area contributed by atoms with Crippen LogP contribution in [0.2, 0.25) is 0 Å². The highest BCUT2D eigenvalue weighted by Gasteiger charge is 2.39. The average molecular weight is 340 g/mol. The first-order valence-corrected chi connectivity index (χ1v) is 8.15. The van der Waals surface area contributed by atoms with Crippen molar-refractivity contribution in [2.45, 2.75) is 39.7 Å². The molecule has 1 aliphatic heterocycles. The van der Waals surface area contributed by atoms with Crippen LogP contribution in [-0.2, 0) is 14.4 Å². The Morgan fingerprint density at radius 3 is 2.72 bits per heavy atom. The summed E-state index contributed by atoms with van der Waals surface area (Å²) in [5, 5.41) is 0. The maximum atomic E-state index is 12.6. The van der Waals surface area contributed by atoms with Gasteiger partial charge in [-0.3, -0.25) is 9.78 Å². The third-order valence-electron chi connectivity index (χ3n) is 3.84. The van der Waals surface area contributed by atoms with Crippen molar-refractivity contribution in [1.29, 1.82) is 0 Å². The van der Waals surface area contributed by atoms with Gasteiger partial charge >= 0.3 is 5.97 Å². The van der Waals surface area contributed by atoms with Gasteiger partial charge in [0.15, 0.2) is 13.6 Å². The van der Waals surface area contributed by atoms with Crippen LogP contribution in [-0.4, -0.2) is 47.9 Å². The van der Waals surface area contributed by atoms with Gasteiger partial charge in [-0.25, -0.2) is 4.79 Å². The first-order chi connectivity index (χ1) is 11.7. The molecular weight excluding hydrogens is 319 g/mol. The maximum absolute atomic E-state index is 12.6. The number of hydrogen-bond donors (Lipinski definition) is 0. The molecule has 2 radical (unpaired) electrons. The number of amides is 1. The molecule has 1 unspecified atom stereocenters. The van der Waals surface area contributed by atoms with E-state index in [4.69, 9.17) is 12.6 Å². The zero-order valence-corrected chi connectivity index (χ0v) is 14.7. The number of nitrogens with zero attached hydrogens (tertiary/aromatic N) is 2. The third-order valence-corrected chi connectivity index (χ3v) is 3.84. The number of ether oxygens (including phenoxy) is 1. The Kier molecular flexibility index (Phi) is 5.77. The number of aromatic nitrogens is 1. The molecule has 1 atom stereocenters. The summed E-state index contributed by atoms with van der Waals surface area (Å²) in [7, 11) is 5.08. The fourth-order valence-electron chi connectivity index (χ4n) is 2.64. The van der Waals surface area contributed by atoms with Gasteiger partial charge in [0.05, 0.1) is 5.68 Å². The molecule has 1 saturated heterocycles.